The van der Waals surface area contributed by atoms with Crippen molar-refractivity contribution in [2.24, 2.45) is 7.05 Å². The van der Waals surface area contributed by atoms with Crippen LogP contribution in [0.4, 0.5) is 4.39 Å². The lowest BCUT2D eigenvalue weighted by molar-refractivity contribution is 0.627. The van der Waals surface area contributed by atoms with Crippen LogP contribution in [0.3, 0.4) is 0 Å². The molecule has 0 amide bonds. The van der Waals surface area contributed by atoms with Crippen molar-refractivity contribution >= 4 is 23.4 Å². The van der Waals surface area contributed by atoms with Crippen LogP contribution in [-0.2, 0) is 12.8 Å². The summed E-state index contributed by atoms with van der Waals surface area (Å²) in [5.74, 6) is 1.61. The molecule has 0 aliphatic heterocycles. The zero-order valence-corrected chi connectivity index (χ0v) is 12.6. The van der Waals surface area contributed by atoms with Crippen LogP contribution in [-0.4, -0.2) is 14.8 Å². The monoisotopic (exact) mass is 299 g/mol. The zero-order chi connectivity index (χ0) is 14.0. The summed E-state index contributed by atoms with van der Waals surface area (Å²) in [6.45, 7) is 4.16. The van der Waals surface area contributed by atoms with Gasteiger partial charge in [0.25, 0.3) is 0 Å². The number of halogens is 2. The second-order valence-corrected chi connectivity index (χ2v) is 5.93. The van der Waals surface area contributed by atoms with E-state index in [1.165, 1.54) is 12.1 Å². The third-order valence-electron chi connectivity index (χ3n) is 2.76. The molecule has 0 saturated heterocycles. The van der Waals surface area contributed by atoms with Crippen molar-refractivity contribution < 1.29 is 4.39 Å². The third kappa shape index (κ3) is 3.28. The van der Waals surface area contributed by atoms with Gasteiger partial charge in [-0.05, 0) is 17.7 Å². The molecule has 0 unspecified atom stereocenters. The summed E-state index contributed by atoms with van der Waals surface area (Å²) in [5.41, 5.74) is 0.891. The molecule has 0 fully saturated rings. The second kappa shape index (κ2) is 5.92. The summed E-state index contributed by atoms with van der Waals surface area (Å²) in [4.78, 5) is 0. The Hall–Kier alpha value is -1.07. The fourth-order valence-electron chi connectivity index (χ4n) is 1.74. The maximum absolute atomic E-state index is 12.9. The van der Waals surface area contributed by atoms with Crippen molar-refractivity contribution in [3.05, 3.63) is 40.4 Å². The van der Waals surface area contributed by atoms with Crippen LogP contribution in [0.5, 0.6) is 0 Å². The molecule has 19 heavy (non-hydrogen) atoms. The molecule has 1 heterocycles. The van der Waals surface area contributed by atoms with Gasteiger partial charge in [-0.25, -0.2) is 4.39 Å². The highest BCUT2D eigenvalue weighted by Gasteiger charge is 2.12. The fraction of sp³-hybridized carbons (Fsp3) is 0.385. The van der Waals surface area contributed by atoms with Crippen molar-refractivity contribution in [1.29, 1.82) is 0 Å². The first-order chi connectivity index (χ1) is 8.99. The summed E-state index contributed by atoms with van der Waals surface area (Å²) in [5, 5.41) is 9.60. The van der Waals surface area contributed by atoms with Crippen molar-refractivity contribution in [1.82, 2.24) is 14.8 Å². The van der Waals surface area contributed by atoms with E-state index in [1.807, 2.05) is 11.6 Å². The van der Waals surface area contributed by atoms with Gasteiger partial charge in [0.15, 0.2) is 5.16 Å². The van der Waals surface area contributed by atoms with Crippen LogP contribution in [0, 0.1) is 5.82 Å². The Labute approximate surface area is 121 Å². The smallest absolute Gasteiger partial charge is 0.191 e. The molecule has 3 nitrogen and oxygen atoms in total. The molecule has 2 rings (SSSR count). The van der Waals surface area contributed by atoms with E-state index in [-0.39, 0.29) is 5.82 Å². The van der Waals surface area contributed by atoms with Gasteiger partial charge in [-0.3, -0.25) is 0 Å². The predicted molar refractivity (Wildman–Crippen MR) is 76.1 cm³/mol. The minimum Gasteiger partial charge on any atom is -0.309 e. The molecule has 1 aromatic carbocycles. The zero-order valence-electron chi connectivity index (χ0n) is 11.0. The summed E-state index contributed by atoms with van der Waals surface area (Å²) >= 11 is 7.54. The molecular formula is C13H15ClFN3S. The maximum atomic E-state index is 12.9. The largest absolute Gasteiger partial charge is 0.309 e. The van der Waals surface area contributed by atoms with Gasteiger partial charge in [0.2, 0.25) is 0 Å². The van der Waals surface area contributed by atoms with Crippen LogP contribution < -0.4 is 0 Å². The number of benzene rings is 1. The van der Waals surface area contributed by atoms with E-state index in [0.717, 1.165) is 16.5 Å². The Kier molecular flexibility index (Phi) is 4.47. The Morgan fingerprint density at radius 3 is 2.68 bits per heavy atom. The van der Waals surface area contributed by atoms with E-state index in [0.29, 0.717) is 16.7 Å². The number of thioether (sulfide) groups is 1. The number of hydrogen-bond donors (Lipinski definition) is 0. The van der Waals surface area contributed by atoms with Gasteiger partial charge in [0.05, 0.1) is 0 Å². The Morgan fingerprint density at radius 1 is 1.37 bits per heavy atom. The van der Waals surface area contributed by atoms with Crippen LogP contribution >= 0.6 is 23.4 Å². The molecule has 2 aromatic rings. The van der Waals surface area contributed by atoms with Crippen molar-refractivity contribution in [2.75, 3.05) is 0 Å². The van der Waals surface area contributed by atoms with Crippen molar-refractivity contribution in [2.45, 2.75) is 30.7 Å². The first-order valence-electron chi connectivity index (χ1n) is 5.95. The SMILES string of the molecule is CC(C)c1nnc(SCc2ccc(F)cc2Cl)n1C. The Bertz CT molecular complexity index is 583. The second-order valence-electron chi connectivity index (χ2n) is 4.58. The van der Waals surface area contributed by atoms with Crippen LogP contribution in [0.15, 0.2) is 23.4 Å². The van der Waals surface area contributed by atoms with Gasteiger partial charge in [-0.1, -0.05) is 43.3 Å². The minimum atomic E-state index is -0.320. The van der Waals surface area contributed by atoms with Gasteiger partial charge >= 0.3 is 0 Å². The lowest BCUT2D eigenvalue weighted by Gasteiger charge is -2.06. The Morgan fingerprint density at radius 2 is 2.11 bits per heavy atom. The lowest BCUT2D eigenvalue weighted by Crippen LogP contribution is -2.00. The van der Waals surface area contributed by atoms with E-state index in [4.69, 9.17) is 11.6 Å². The molecule has 0 bridgehead atoms. The number of nitrogens with zero attached hydrogens (tertiary/aromatic N) is 3. The number of rotatable bonds is 4. The molecule has 0 N–H and O–H groups in total. The predicted octanol–water partition coefficient (Wildman–Crippen LogP) is 4.02. The van der Waals surface area contributed by atoms with Crippen LogP contribution in [0.25, 0.3) is 0 Å². The van der Waals surface area contributed by atoms with E-state index in [1.54, 1.807) is 17.8 Å². The lowest BCUT2D eigenvalue weighted by atomic mass is 10.2. The van der Waals surface area contributed by atoms with Crippen LogP contribution in [0.1, 0.15) is 31.2 Å². The quantitative estimate of drug-likeness (QED) is 0.799. The van der Waals surface area contributed by atoms with E-state index in [9.17, 15) is 4.39 Å². The van der Waals surface area contributed by atoms with Gasteiger partial charge in [0.1, 0.15) is 11.6 Å². The fourth-order valence-corrected chi connectivity index (χ4v) is 2.97. The average molecular weight is 300 g/mol. The van der Waals surface area contributed by atoms with E-state index < -0.39 is 0 Å². The van der Waals surface area contributed by atoms with Crippen molar-refractivity contribution in [3.8, 4) is 0 Å². The molecule has 0 atom stereocenters. The van der Waals surface area contributed by atoms with Gasteiger partial charge in [-0.15, -0.1) is 10.2 Å². The highest BCUT2D eigenvalue weighted by atomic mass is 35.5. The van der Waals surface area contributed by atoms with Gasteiger partial charge < -0.3 is 4.57 Å². The van der Waals surface area contributed by atoms with E-state index in [2.05, 4.69) is 24.0 Å². The molecule has 0 aliphatic carbocycles. The standard InChI is InChI=1S/C13H15ClFN3S/c1-8(2)12-16-17-13(18(12)3)19-7-9-4-5-10(15)6-11(9)14/h4-6,8H,7H2,1-3H3. The first-order valence-corrected chi connectivity index (χ1v) is 7.31. The molecule has 1 aromatic heterocycles. The van der Waals surface area contributed by atoms with Crippen molar-refractivity contribution in [3.63, 3.8) is 0 Å². The highest BCUT2D eigenvalue weighted by Crippen LogP contribution is 2.27. The molecule has 0 spiro atoms. The summed E-state index contributed by atoms with van der Waals surface area (Å²) in [6.07, 6.45) is 0. The molecule has 0 radical (unpaired) electrons. The van der Waals surface area contributed by atoms with E-state index >= 15 is 0 Å². The minimum absolute atomic E-state index is 0.320. The summed E-state index contributed by atoms with van der Waals surface area (Å²) in [6, 6.07) is 4.44. The van der Waals surface area contributed by atoms with Crippen LogP contribution in [0.2, 0.25) is 5.02 Å². The average Bonchev–Trinajstić information content (AvgIpc) is 2.70. The number of aromatic nitrogens is 3. The number of hydrogen-bond acceptors (Lipinski definition) is 3. The van der Waals surface area contributed by atoms with Gasteiger partial charge in [0, 0.05) is 23.7 Å². The highest BCUT2D eigenvalue weighted by molar-refractivity contribution is 7.98. The normalized spacial score (nSPS) is 11.3. The topological polar surface area (TPSA) is 30.7 Å². The Balaban J connectivity index is 2.10. The molecule has 0 saturated carbocycles. The first kappa shape index (κ1) is 14.3. The molecule has 0 aliphatic rings. The maximum Gasteiger partial charge on any atom is 0.191 e. The molecular weight excluding hydrogens is 285 g/mol. The molecule has 6 heteroatoms. The third-order valence-corrected chi connectivity index (χ3v) is 4.18. The summed E-state index contributed by atoms with van der Waals surface area (Å²) < 4.78 is 14.9. The van der Waals surface area contributed by atoms with Gasteiger partial charge in [-0.2, -0.15) is 0 Å². The summed E-state index contributed by atoms with van der Waals surface area (Å²) in [7, 11) is 1.95. The molecule has 102 valence electrons.